The third-order valence-electron chi connectivity index (χ3n) is 2.88. The molecular formula is C16H14O4. The van der Waals surface area contributed by atoms with Gasteiger partial charge in [0, 0.05) is 11.1 Å². The third kappa shape index (κ3) is 2.80. The summed E-state index contributed by atoms with van der Waals surface area (Å²) < 4.78 is 4.75. The lowest BCUT2D eigenvalue weighted by Crippen LogP contribution is -1.90. The van der Waals surface area contributed by atoms with Gasteiger partial charge in [0.15, 0.2) is 0 Å². The monoisotopic (exact) mass is 270 g/mol. The fraction of sp³-hybridized carbons (Fsp3) is 0.0625. The predicted octanol–water partition coefficient (Wildman–Crippen LogP) is 3.03. The van der Waals surface area contributed by atoms with Crippen molar-refractivity contribution in [2.45, 2.75) is 6.42 Å². The molecule has 0 radical (unpaired) electrons. The van der Waals surface area contributed by atoms with Crippen molar-refractivity contribution in [1.82, 2.24) is 0 Å². The largest absolute Gasteiger partial charge is 0.507 e. The van der Waals surface area contributed by atoms with Gasteiger partial charge in [0.1, 0.15) is 17.2 Å². The number of phenolic OH excluding ortho intramolecular Hbond substituents is 2. The Morgan fingerprint density at radius 2 is 1.70 bits per heavy atom. The molecule has 0 fully saturated rings. The fourth-order valence-corrected chi connectivity index (χ4v) is 1.95. The average molecular weight is 270 g/mol. The fourth-order valence-electron chi connectivity index (χ4n) is 1.95. The minimum absolute atomic E-state index is 0.00528. The first-order valence-electron chi connectivity index (χ1n) is 6.02. The highest BCUT2D eigenvalue weighted by atomic mass is 16.5. The summed E-state index contributed by atoms with van der Waals surface area (Å²) in [5.41, 5.74) is 1.82. The van der Waals surface area contributed by atoms with Gasteiger partial charge in [-0.1, -0.05) is 12.1 Å². The van der Waals surface area contributed by atoms with E-state index in [1.54, 1.807) is 24.3 Å². The molecule has 4 heteroatoms. The average Bonchev–Trinajstić information content (AvgIpc) is 2.44. The molecule has 0 saturated heterocycles. The van der Waals surface area contributed by atoms with E-state index in [-0.39, 0.29) is 11.5 Å². The van der Waals surface area contributed by atoms with E-state index in [4.69, 9.17) is 4.74 Å². The lowest BCUT2D eigenvalue weighted by Gasteiger charge is -2.10. The number of benzene rings is 2. The van der Waals surface area contributed by atoms with Crippen LogP contribution in [0.2, 0.25) is 0 Å². The highest BCUT2D eigenvalue weighted by Gasteiger charge is 2.11. The summed E-state index contributed by atoms with van der Waals surface area (Å²) >= 11 is 0. The van der Waals surface area contributed by atoms with Crippen LogP contribution in [0.4, 0.5) is 0 Å². The molecule has 0 saturated carbocycles. The van der Waals surface area contributed by atoms with Crippen LogP contribution >= 0.6 is 0 Å². The van der Waals surface area contributed by atoms with Crippen LogP contribution in [0.3, 0.4) is 0 Å². The second-order valence-corrected chi connectivity index (χ2v) is 4.24. The topological polar surface area (TPSA) is 66.8 Å². The summed E-state index contributed by atoms with van der Waals surface area (Å²) in [4.78, 5) is 10.4. The van der Waals surface area contributed by atoms with Gasteiger partial charge in [-0.3, -0.25) is 4.79 Å². The number of hydrogen-bond acceptors (Lipinski definition) is 4. The Bertz CT molecular complexity index is 589. The van der Waals surface area contributed by atoms with Crippen LogP contribution in [-0.2, 0) is 11.2 Å². The Kier molecular flexibility index (Phi) is 4.05. The zero-order valence-electron chi connectivity index (χ0n) is 10.7. The lowest BCUT2D eigenvalue weighted by atomic mass is 9.99. The molecule has 102 valence electrons. The van der Waals surface area contributed by atoms with Crippen LogP contribution in [-0.4, -0.2) is 16.7 Å². The zero-order valence-corrected chi connectivity index (χ0v) is 10.7. The van der Waals surface area contributed by atoms with Crippen molar-refractivity contribution in [1.29, 1.82) is 0 Å². The first-order chi connectivity index (χ1) is 9.65. The molecule has 4 nitrogen and oxygen atoms in total. The number of carbonyl (C=O) groups is 1. The van der Waals surface area contributed by atoms with Crippen LogP contribution in [0.15, 0.2) is 49.1 Å². The Balaban J connectivity index is 2.54. The lowest BCUT2D eigenvalue weighted by molar-refractivity contribution is -0.120. The van der Waals surface area contributed by atoms with Crippen molar-refractivity contribution in [2.24, 2.45) is 0 Å². The summed E-state index contributed by atoms with van der Waals surface area (Å²) in [6.07, 6.45) is 2.40. The van der Waals surface area contributed by atoms with E-state index in [2.05, 4.69) is 6.58 Å². The van der Waals surface area contributed by atoms with Gasteiger partial charge in [0.25, 0.3) is 6.47 Å². The molecule has 0 aromatic heterocycles. The van der Waals surface area contributed by atoms with E-state index in [1.807, 2.05) is 0 Å². The molecule has 0 amide bonds. The SMILES string of the molecule is C=CCc1ccc(O)c(-c2cc(OC=O)ccc2O)c1. The number of carbonyl (C=O) groups excluding carboxylic acids is 1. The molecule has 2 aromatic rings. The van der Waals surface area contributed by atoms with Crippen molar-refractivity contribution in [2.75, 3.05) is 0 Å². The van der Waals surface area contributed by atoms with Crippen LogP contribution in [0.5, 0.6) is 17.2 Å². The zero-order chi connectivity index (χ0) is 14.5. The Morgan fingerprint density at radius 3 is 2.35 bits per heavy atom. The van der Waals surface area contributed by atoms with E-state index in [1.165, 1.54) is 18.2 Å². The number of phenols is 2. The van der Waals surface area contributed by atoms with E-state index in [0.717, 1.165) is 5.56 Å². The molecule has 0 atom stereocenters. The molecule has 0 aliphatic carbocycles. The molecular weight excluding hydrogens is 256 g/mol. The molecule has 0 heterocycles. The minimum Gasteiger partial charge on any atom is -0.507 e. The van der Waals surface area contributed by atoms with E-state index in [9.17, 15) is 15.0 Å². The molecule has 2 aromatic carbocycles. The van der Waals surface area contributed by atoms with Crippen molar-refractivity contribution < 1.29 is 19.7 Å². The van der Waals surface area contributed by atoms with Gasteiger partial charge in [-0.2, -0.15) is 0 Å². The summed E-state index contributed by atoms with van der Waals surface area (Å²) in [6.45, 7) is 3.98. The van der Waals surface area contributed by atoms with Gasteiger partial charge >= 0.3 is 0 Å². The normalized spacial score (nSPS) is 10.0. The standard InChI is InChI=1S/C16H14O4/c1-2-3-11-4-6-15(18)13(8-11)14-9-12(20-10-17)5-7-16(14)19/h2,4-10,18-19H,1,3H2. The third-order valence-corrected chi connectivity index (χ3v) is 2.88. The molecule has 20 heavy (non-hydrogen) atoms. The minimum atomic E-state index is -0.00528. The maximum Gasteiger partial charge on any atom is 0.298 e. The maximum atomic E-state index is 10.4. The second-order valence-electron chi connectivity index (χ2n) is 4.24. The highest BCUT2D eigenvalue weighted by Crippen LogP contribution is 2.38. The van der Waals surface area contributed by atoms with Crippen LogP contribution < -0.4 is 4.74 Å². The highest BCUT2D eigenvalue weighted by molar-refractivity contribution is 5.77. The number of aromatic hydroxyl groups is 2. The molecule has 0 unspecified atom stereocenters. The summed E-state index contributed by atoms with van der Waals surface area (Å²) in [6, 6.07) is 9.48. The molecule has 0 aliphatic rings. The Morgan fingerprint density at radius 1 is 1.05 bits per heavy atom. The predicted molar refractivity (Wildman–Crippen MR) is 75.8 cm³/mol. The molecule has 2 N–H and O–H groups in total. The molecule has 2 rings (SSSR count). The van der Waals surface area contributed by atoms with E-state index >= 15 is 0 Å². The quantitative estimate of drug-likeness (QED) is 0.647. The molecule has 0 spiro atoms. The Labute approximate surface area is 116 Å². The van der Waals surface area contributed by atoms with Gasteiger partial charge in [0.2, 0.25) is 0 Å². The van der Waals surface area contributed by atoms with Gasteiger partial charge in [-0.15, -0.1) is 6.58 Å². The number of rotatable bonds is 5. The Hall–Kier alpha value is -2.75. The maximum absolute atomic E-state index is 10.4. The number of hydrogen-bond donors (Lipinski definition) is 2. The van der Waals surface area contributed by atoms with Crippen molar-refractivity contribution in [3.05, 3.63) is 54.6 Å². The van der Waals surface area contributed by atoms with Gasteiger partial charge in [-0.25, -0.2) is 0 Å². The smallest absolute Gasteiger partial charge is 0.298 e. The first kappa shape index (κ1) is 13.7. The van der Waals surface area contributed by atoms with Crippen molar-refractivity contribution in [3.63, 3.8) is 0 Å². The van der Waals surface area contributed by atoms with Gasteiger partial charge in [-0.05, 0) is 42.3 Å². The second kappa shape index (κ2) is 5.93. The van der Waals surface area contributed by atoms with Crippen LogP contribution in [0.1, 0.15) is 5.56 Å². The van der Waals surface area contributed by atoms with E-state index < -0.39 is 0 Å². The molecule has 0 aliphatic heterocycles. The van der Waals surface area contributed by atoms with E-state index in [0.29, 0.717) is 29.8 Å². The van der Waals surface area contributed by atoms with Crippen LogP contribution in [0, 0.1) is 0 Å². The van der Waals surface area contributed by atoms with Gasteiger partial charge < -0.3 is 14.9 Å². The molecule has 0 bridgehead atoms. The summed E-state index contributed by atoms with van der Waals surface area (Å²) in [7, 11) is 0. The van der Waals surface area contributed by atoms with Crippen molar-refractivity contribution >= 4 is 6.47 Å². The van der Waals surface area contributed by atoms with Crippen LogP contribution in [0.25, 0.3) is 11.1 Å². The van der Waals surface area contributed by atoms with Crippen molar-refractivity contribution in [3.8, 4) is 28.4 Å². The first-order valence-corrected chi connectivity index (χ1v) is 6.02. The summed E-state index contributed by atoms with van der Waals surface area (Å²) in [5.74, 6) is 0.326. The number of allylic oxidation sites excluding steroid dienone is 1. The summed E-state index contributed by atoms with van der Waals surface area (Å²) in [5, 5.41) is 19.9. The number of ether oxygens (including phenoxy) is 1. The van der Waals surface area contributed by atoms with Gasteiger partial charge in [0.05, 0.1) is 0 Å².